The summed E-state index contributed by atoms with van der Waals surface area (Å²) >= 11 is 1.35. The van der Waals surface area contributed by atoms with E-state index in [1.165, 1.54) is 16.7 Å². The Hall–Kier alpha value is -1.81. The Balaban J connectivity index is 1.87. The van der Waals surface area contributed by atoms with Crippen LogP contribution in [0.25, 0.3) is 0 Å². The molecule has 1 unspecified atom stereocenters. The third kappa shape index (κ3) is 3.34. The van der Waals surface area contributed by atoms with E-state index in [9.17, 15) is 24.3 Å². The fourth-order valence-corrected chi connectivity index (χ4v) is 4.62. The summed E-state index contributed by atoms with van der Waals surface area (Å²) in [6.07, 6.45) is 0.526. The van der Waals surface area contributed by atoms with E-state index >= 15 is 0 Å². The van der Waals surface area contributed by atoms with E-state index in [0.29, 0.717) is 6.42 Å². The van der Waals surface area contributed by atoms with Crippen LogP contribution in [0.5, 0.6) is 0 Å². The molecule has 5 N–H and O–H groups in total. The van der Waals surface area contributed by atoms with Crippen molar-refractivity contribution >= 4 is 35.5 Å². The van der Waals surface area contributed by atoms with Crippen molar-refractivity contribution in [3.8, 4) is 0 Å². The number of carboxylic acids is 2. The first kappa shape index (κ1) is 18.5. The minimum Gasteiger partial charge on any atom is -0.480 e. The molecule has 0 aromatic rings. The first-order valence-corrected chi connectivity index (χ1v) is 8.45. The molecule has 2 aliphatic heterocycles. The highest BCUT2D eigenvalue weighted by molar-refractivity contribution is 8.01. The monoisotopic (exact) mass is 359 g/mol. The van der Waals surface area contributed by atoms with Gasteiger partial charge >= 0.3 is 11.9 Å². The Morgan fingerprint density at radius 3 is 2.54 bits per heavy atom. The van der Waals surface area contributed by atoms with Gasteiger partial charge in [-0.3, -0.25) is 14.4 Å². The summed E-state index contributed by atoms with van der Waals surface area (Å²) in [5.41, 5.74) is 5.36. The molecule has 0 aliphatic carbocycles. The lowest BCUT2D eigenvalue weighted by Crippen LogP contribution is -2.70. The van der Waals surface area contributed by atoms with Gasteiger partial charge < -0.3 is 26.2 Å². The summed E-state index contributed by atoms with van der Waals surface area (Å²) in [5.74, 6) is -2.95. The number of nitrogens with two attached hydrogens (primary N) is 1. The van der Waals surface area contributed by atoms with Crippen LogP contribution in [0.3, 0.4) is 0 Å². The largest absolute Gasteiger partial charge is 0.480 e. The zero-order chi connectivity index (χ0) is 18.2. The number of amides is 2. The molecule has 2 aliphatic rings. The number of nitrogens with one attached hydrogen (secondary N) is 1. The number of fused-ring (bicyclic) bond motifs is 1. The van der Waals surface area contributed by atoms with Crippen molar-refractivity contribution in [2.45, 2.75) is 61.4 Å². The first-order valence-electron chi connectivity index (χ1n) is 7.57. The van der Waals surface area contributed by atoms with Gasteiger partial charge in [-0.15, -0.1) is 11.8 Å². The van der Waals surface area contributed by atoms with E-state index in [4.69, 9.17) is 10.8 Å². The van der Waals surface area contributed by atoms with E-state index in [1.807, 2.05) is 0 Å². The van der Waals surface area contributed by atoms with Crippen LogP contribution >= 0.6 is 11.8 Å². The normalized spacial score (nSPS) is 28.7. The number of hydrogen-bond acceptors (Lipinski definition) is 6. The summed E-state index contributed by atoms with van der Waals surface area (Å²) in [7, 11) is 0. The van der Waals surface area contributed by atoms with Gasteiger partial charge in [0.2, 0.25) is 11.8 Å². The summed E-state index contributed by atoms with van der Waals surface area (Å²) in [4.78, 5) is 47.4. The van der Waals surface area contributed by atoms with Crippen molar-refractivity contribution in [2.24, 2.45) is 5.73 Å². The van der Waals surface area contributed by atoms with Gasteiger partial charge in [-0.2, -0.15) is 0 Å². The molecule has 0 aromatic carbocycles. The van der Waals surface area contributed by atoms with Crippen molar-refractivity contribution in [2.75, 3.05) is 0 Å². The second-order valence-electron chi connectivity index (χ2n) is 6.48. The number of carbonyl (C=O) groups excluding carboxylic acids is 2. The third-order valence-corrected chi connectivity index (χ3v) is 5.80. The fraction of sp³-hybridized carbons (Fsp3) is 0.714. The number of β-lactam (4-membered cyclic amide) rings is 1. The van der Waals surface area contributed by atoms with E-state index in [-0.39, 0.29) is 24.1 Å². The molecule has 0 spiro atoms. The van der Waals surface area contributed by atoms with Crippen molar-refractivity contribution in [1.29, 1.82) is 0 Å². The number of aliphatic carboxylic acids is 2. The van der Waals surface area contributed by atoms with Crippen molar-refractivity contribution in [1.82, 2.24) is 10.2 Å². The highest BCUT2D eigenvalue weighted by Crippen LogP contribution is 2.50. The summed E-state index contributed by atoms with van der Waals surface area (Å²) in [6, 6.07) is -2.66. The lowest BCUT2D eigenvalue weighted by atomic mass is 9.96. The molecule has 0 aromatic heterocycles. The molecule has 2 heterocycles. The van der Waals surface area contributed by atoms with E-state index in [0.717, 1.165) is 0 Å². The quantitative estimate of drug-likeness (QED) is 0.431. The molecule has 9 nitrogen and oxygen atoms in total. The minimum atomic E-state index is -1.12. The zero-order valence-electron chi connectivity index (χ0n) is 13.4. The van der Waals surface area contributed by atoms with Gasteiger partial charge in [-0.05, 0) is 26.7 Å². The van der Waals surface area contributed by atoms with Crippen molar-refractivity contribution < 1.29 is 29.4 Å². The molecule has 0 bridgehead atoms. The van der Waals surface area contributed by atoms with Crippen LogP contribution in [0.2, 0.25) is 0 Å². The molecule has 4 atom stereocenters. The molecule has 2 saturated heterocycles. The van der Waals surface area contributed by atoms with Crippen LogP contribution < -0.4 is 11.1 Å². The fourth-order valence-electron chi connectivity index (χ4n) is 3.00. The molecule has 0 radical (unpaired) electrons. The van der Waals surface area contributed by atoms with Gasteiger partial charge in [-0.25, -0.2) is 4.79 Å². The van der Waals surface area contributed by atoms with E-state index in [2.05, 4.69) is 5.32 Å². The number of carboxylic acid groups (broad SMARTS) is 2. The molecule has 24 heavy (non-hydrogen) atoms. The first-order chi connectivity index (χ1) is 11.1. The van der Waals surface area contributed by atoms with Crippen molar-refractivity contribution in [3.05, 3.63) is 0 Å². The topological polar surface area (TPSA) is 150 Å². The van der Waals surface area contributed by atoms with E-state index < -0.39 is 40.7 Å². The van der Waals surface area contributed by atoms with E-state index in [1.54, 1.807) is 13.8 Å². The van der Waals surface area contributed by atoms with Gasteiger partial charge in [0.25, 0.3) is 0 Å². The number of thioether (sulfide) groups is 1. The summed E-state index contributed by atoms with van der Waals surface area (Å²) < 4.78 is -0.639. The number of nitrogens with zero attached hydrogens (tertiary/aromatic N) is 1. The SMILES string of the molecule is CC1(C)S[C@@H]2[C@@H](NC(=O)CCCC(N)C(=O)O)C(=O)N2[C@@H]1C(=O)O. The van der Waals surface area contributed by atoms with Gasteiger partial charge in [0.05, 0.1) is 0 Å². The van der Waals surface area contributed by atoms with Crippen LogP contribution in [0.15, 0.2) is 0 Å². The maximum atomic E-state index is 12.2. The van der Waals surface area contributed by atoms with Gasteiger partial charge in [0.15, 0.2) is 0 Å². The van der Waals surface area contributed by atoms with Crippen LogP contribution in [-0.4, -0.2) is 67.1 Å². The van der Waals surface area contributed by atoms with Crippen LogP contribution in [-0.2, 0) is 19.2 Å². The van der Waals surface area contributed by atoms with Gasteiger partial charge in [0, 0.05) is 11.2 Å². The highest BCUT2D eigenvalue weighted by Gasteiger charge is 2.64. The Kier molecular flexibility index (Phi) is 5.09. The standard InChI is InChI=1S/C14H21N3O6S/c1-14(2)9(13(22)23)17-10(19)8(11(17)24-14)16-7(18)5-3-4-6(15)12(20)21/h6,8-9,11H,3-5,15H2,1-2H3,(H,16,18)(H,20,21)(H,22,23)/t6?,8-,9+,11+/m0/s1. The third-order valence-electron chi connectivity index (χ3n) is 4.23. The van der Waals surface area contributed by atoms with Crippen molar-refractivity contribution in [3.63, 3.8) is 0 Å². The van der Waals surface area contributed by atoms with Gasteiger partial charge in [0.1, 0.15) is 23.5 Å². The maximum absolute atomic E-state index is 12.2. The number of rotatable bonds is 7. The average Bonchev–Trinajstić information content (AvgIpc) is 2.73. The second-order valence-corrected chi connectivity index (χ2v) is 8.25. The second kappa shape index (κ2) is 6.60. The van der Waals surface area contributed by atoms with Crippen LogP contribution in [0.1, 0.15) is 33.1 Å². The molecule has 10 heteroatoms. The number of hydrogen-bond donors (Lipinski definition) is 4. The Bertz CT molecular complexity index is 581. The Labute approximate surface area is 142 Å². The molecular formula is C14H21N3O6S. The minimum absolute atomic E-state index is 0.0634. The average molecular weight is 359 g/mol. The zero-order valence-corrected chi connectivity index (χ0v) is 14.2. The molecule has 2 amide bonds. The van der Waals surface area contributed by atoms with Gasteiger partial charge in [-0.1, -0.05) is 0 Å². The molecule has 2 rings (SSSR count). The number of carbonyl (C=O) groups is 4. The predicted molar refractivity (Wildman–Crippen MR) is 85.1 cm³/mol. The molecule has 0 saturated carbocycles. The highest BCUT2D eigenvalue weighted by atomic mass is 32.2. The molecule has 2 fully saturated rings. The Morgan fingerprint density at radius 2 is 2.00 bits per heavy atom. The lowest BCUT2D eigenvalue weighted by Gasteiger charge is -2.43. The predicted octanol–water partition coefficient (Wildman–Crippen LogP) is -0.800. The van der Waals surface area contributed by atoms with Crippen LogP contribution in [0, 0.1) is 0 Å². The summed E-state index contributed by atoms with van der Waals surface area (Å²) in [6.45, 7) is 3.52. The molecular weight excluding hydrogens is 338 g/mol. The van der Waals surface area contributed by atoms with Crippen LogP contribution in [0.4, 0.5) is 0 Å². The smallest absolute Gasteiger partial charge is 0.327 e. The lowest BCUT2D eigenvalue weighted by molar-refractivity contribution is -0.161. The maximum Gasteiger partial charge on any atom is 0.327 e. The Morgan fingerprint density at radius 1 is 1.38 bits per heavy atom. The summed E-state index contributed by atoms with van der Waals surface area (Å²) in [5, 5.41) is 20.2. The molecule has 134 valence electrons.